The number of aliphatic carboxylic acids is 4. The summed E-state index contributed by atoms with van der Waals surface area (Å²) in [7, 11) is 0. The molecule has 0 aliphatic heterocycles. The van der Waals surface area contributed by atoms with Crippen LogP contribution in [-0.4, -0.2) is 89.1 Å². The van der Waals surface area contributed by atoms with Crippen LogP contribution in [0.4, 0.5) is 0 Å². The van der Waals surface area contributed by atoms with E-state index < -0.39 is 48.3 Å². The number of carboxylic acid groups (broad SMARTS) is 4. The quantitative estimate of drug-likeness (QED) is 0.233. The first-order chi connectivity index (χ1) is 8.93. The molecule has 0 aromatic heterocycles. The van der Waals surface area contributed by atoms with E-state index in [2.05, 4.69) is 0 Å². The molecule has 0 rings (SSSR count). The van der Waals surface area contributed by atoms with Crippen molar-refractivity contribution in [3.05, 3.63) is 0 Å². The van der Waals surface area contributed by atoms with Crippen LogP contribution in [0.25, 0.3) is 0 Å². The number of carbonyl (C=O) groups is 4. The van der Waals surface area contributed by atoms with Crippen LogP contribution in [0.5, 0.6) is 0 Å². The van der Waals surface area contributed by atoms with Gasteiger partial charge in [-0.1, -0.05) is 0 Å². The van der Waals surface area contributed by atoms with Gasteiger partial charge in [-0.25, -0.2) is 19.2 Å². The first kappa shape index (κ1) is 24.1. The van der Waals surface area contributed by atoms with Gasteiger partial charge in [-0.15, -0.1) is 12.4 Å². The first-order valence-electron chi connectivity index (χ1n) is 4.57. The standard InChI is InChI=1S/2C4H6O6.ClH/c2*5-1(3(7)8)2(6)4(9)10;/h2*1-2,5-6H,(H,7,8)(H,9,10);1H. The van der Waals surface area contributed by atoms with Crippen molar-refractivity contribution in [2.24, 2.45) is 0 Å². The summed E-state index contributed by atoms with van der Waals surface area (Å²) in [6, 6.07) is 0. The normalized spacial score (nSPS) is 15.0. The summed E-state index contributed by atoms with van der Waals surface area (Å²) in [5.74, 6) is -7.07. The third-order valence-electron chi connectivity index (χ3n) is 1.61. The Kier molecular flexibility index (Phi) is 12.3. The van der Waals surface area contributed by atoms with Crippen molar-refractivity contribution in [2.75, 3.05) is 0 Å². The largest absolute Gasteiger partial charge is 0.479 e. The Balaban J connectivity index is -0.000000295. The SMILES string of the molecule is Cl.O=C(O)C(O)C(O)C(=O)O.O=C(O)C(O)C(O)C(=O)O. The zero-order valence-electron chi connectivity index (χ0n) is 9.93. The first-order valence-corrected chi connectivity index (χ1v) is 4.57. The molecular weight excluding hydrogens is 324 g/mol. The van der Waals surface area contributed by atoms with Crippen molar-refractivity contribution >= 4 is 36.3 Å². The van der Waals surface area contributed by atoms with E-state index >= 15 is 0 Å². The summed E-state index contributed by atoms with van der Waals surface area (Å²) in [5.41, 5.74) is 0. The fraction of sp³-hybridized carbons (Fsp3) is 0.500. The average Bonchev–Trinajstić information content (AvgIpc) is 2.35. The van der Waals surface area contributed by atoms with Gasteiger partial charge >= 0.3 is 23.9 Å². The molecule has 0 saturated carbocycles. The van der Waals surface area contributed by atoms with Crippen LogP contribution < -0.4 is 0 Å². The molecule has 21 heavy (non-hydrogen) atoms. The summed E-state index contributed by atoms with van der Waals surface area (Å²) in [4.78, 5) is 39.1. The number of carboxylic acids is 4. The van der Waals surface area contributed by atoms with E-state index in [0.717, 1.165) is 0 Å². The monoisotopic (exact) mass is 336 g/mol. The molecule has 8 N–H and O–H groups in total. The predicted octanol–water partition coefficient (Wildman–Crippen LogP) is -3.82. The van der Waals surface area contributed by atoms with E-state index in [1.807, 2.05) is 0 Å². The van der Waals surface area contributed by atoms with E-state index in [1.54, 1.807) is 0 Å². The van der Waals surface area contributed by atoms with Gasteiger partial charge in [-0.05, 0) is 0 Å². The maximum Gasteiger partial charge on any atom is 0.335 e. The second kappa shape index (κ2) is 10.8. The smallest absolute Gasteiger partial charge is 0.335 e. The number of hydrogen-bond acceptors (Lipinski definition) is 8. The summed E-state index contributed by atoms with van der Waals surface area (Å²) in [6.07, 6.45) is -9.06. The van der Waals surface area contributed by atoms with E-state index in [-0.39, 0.29) is 12.4 Å². The summed E-state index contributed by atoms with van der Waals surface area (Å²) < 4.78 is 0. The molecule has 0 amide bonds. The highest BCUT2D eigenvalue weighted by Gasteiger charge is 2.30. The van der Waals surface area contributed by atoms with E-state index in [0.29, 0.717) is 0 Å². The highest BCUT2D eigenvalue weighted by Crippen LogP contribution is 1.93. The van der Waals surface area contributed by atoms with Gasteiger partial charge in [0.2, 0.25) is 0 Å². The number of hydrogen-bond donors (Lipinski definition) is 8. The molecule has 124 valence electrons. The third kappa shape index (κ3) is 9.53. The van der Waals surface area contributed by atoms with Crippen molar-refractivity contribution in [1.82, 2.24) is 0 Å². The molecule has 0 fully saturated rings. The van der Waals surface area contributed by atoms with E-state index in [4.69, 9.17) is 40.9 Å². The molecule has 0 aromatic rings. The lowest BCUT2D eigenvalue weighted by Gasteiger charge is -2.07. The molecule has 4 atom stereocenters. The van der Waals surface area contributed by atoms with Gasteiger partial charge in [0.25, 0.3) is 0 Å². The topological polar surface area (TPSA) is 230 Å². The number of aliphatic hydroxyl groups is 4. The summed E-state index contributed by atoms with van der Waals surface area (Å²) in [6.45, 7) is 0. The highest BCUT2D eigenvalue weighted by molar-refractivity contribution is 5.85. The Morgan fingerprint density at radius 2 is 0.571 bits per heavy atom. The lowest BCUT2D eigenvalue weighted by atomic mass is 10.2. The number of rotatable bonds is 6. The van der Waals surface area contributed by atoms with Crippen LogP contribution in [0.1, 0.15) is 0 Å². The molecule has 0 saturated heterocycles. The fourth-order valence-corrected chi connectivity index (χ4v) is 0.540. The zero-order chi connectivity index (χ0) is 16.6. The Bertz CT molecular complexity index is 309. The molecule has 0 aliphatic rings. The van der Waals surface area contributed by atoms with Crippen LogP contribution in [0.15, 0.2) is 0 Å². The average molecular weight is 337 g/mol. The fourth-order valence-electron chi connectivity index (χ4n) is 0.540. The van der Waals surface area contributed by atoms with Gasteiger partial charge in [-0.3, -0.25) is 0 Å². The van der Waals surface area contributed by atoms with Gasteiger partial charge in [0, 0.05) is 0 Å². The lowest BCUT2D eigenvalue weighted by Crippen LogP contribution is -2.39. The molecule has 0 bridgehead atoms. The van der Waals surface area contributed by atoms with Gasteiger partial charge in [0.05, 0.1) is 0 Å². The Labute approximate surface area is 121 Å². The molecule has 12 nitrogen and oxygen atoms in total. The second-order valence-electron chi connectivity index (χ2n) is 3.13. The van der Waals surface area contributed by atoms with E-state index in [9.17, 15) is 19.2 Å². The van der Waals surface area contributed by atoms with Crippen molar-refractivity contribution in [2.45, 2.75) is 24.4 Å². The summed E-state index contributed by atoms with van der Waals surface area (Å²) in [5, 5.41) is 65.1. The van der Waals surface area contributed by atoms with E-state index in [1.165, 1.54) is 0 Å². The molecule has 0 aliphatic carbocycles. The van der Waals surface area contributed by atoms with Crippen LogP contribution in [0, 0.1) is 0 Å². The zero-order valence-corrected chi connectivity index (χ0v) is 10.7. The van der Waals surface area contributed by atoms with Gasteiger partial charge < -0.3 is 40.9 Å². The van der Waals surface area contributed by atoms with Gasteiger partial charge in [0.1, 0.15) is 0 Å². The summed E-state index contributed by atoms with van der Waals surface area (Å²) >= 11 is 0. The van der Waals surface area contributed by atoms with Crippen molar-refractivity contribution in [3.63, 3.8) is 0 Å². The molecule has 0 heterocycles. The van der Waals surface area contributed by atoms with Crippen LogP contribution in [0.2, 0.25) is 0 Å². The Morgan fingerprint density at radius 1 is 0.476 bits per heavy atom. The number of aliphatic hydroxyl groups excluding tert-OH is 4. The maximum atomic E-state index is 9.77. The van der Waals surface area contributed by atoms with Crippen LogP contribution >= 0.6 is 12.4 Å². The second-order valence-corrected chi connectivity index (χ2v) is 3.13. The Hall–Kier alpha value is -1.99. The minimum Gasteiger partial charge on any atom is -0.479 e. The molecule has 0 radical (unpaired) electrons. The van der Waals surface area contributed by atoms with Crippen molar-refractivity contribution < 1.29 is 60.0 Å². The molecular formula is C8H13ClO12. The lowest BCUT2D eigenvalue weighted by molar-refractivity contribution is -0.165. The number of halogens is 1. The van der Waals surface area contributed by atoms with Crippen molar-refractivity contribution in [3.8, 4) is 0 Å². The Morgan fingerprint density at radius 3 is 0.619 bits per heavy atom. The molecule has 4 unspecified atom stereocenters. The maximum absolute atomic E-state index is 9.77. The predicted molar refractivity (Wildman–Crippen MR) is 61.8 cm³/mol. The van der Waals surface area contributed by atoms with Gasteiger partial charge in [-0.2, -0.15) is 0 Å². The molecule has 0 spiro atoms. The highest BCUT2D eigenvalue weighted by atomic mass is 35.5. The molecule has 0 aromatic carbocycles. The van der Waals surface area contributed by atoms with Crippen molar-refractivity contribution in [1.29, 1.82) is 0 Å². The molecule has 13 heteroatoms. The minimum absolute atomic E-state index is 0. The van der Waals surface area contributed by atoms with Crippen LogP contribution in [-0.2, 0) is 19.2 Å². The van der Waals surface area contributed by atoms with Crippen LogP contribution in [0.3, 0.4) is 0 Å². The third-order valence-corrected chi connectivity index (χ3v) is 1.61. The van der Waals surface area contributed by atoms with Gasteiger partial charge in [0.15, 0.2) is 24.4 Å². The minimum atomic E-state index is -2.27.